The molecule has 1 unspecified atom stereocenters. The van der Waals surface area contributed by atoms with Crippen molar-refractivity contribution in [2.45, 2.75) is 18.8 Å². The van der Waals surface area contributed by atoms with E-state index < -0.39 is 11.9 Å². The molecule has 1 atom stereocenters. The number of anilines is 2. The lowest BCUT2D eigenvalue weighted by Gasteiger charge is -2.20. The van der Waals surface area contributed by atoms with Gasteiger partial charge in [-0.3, -0.25) is 19.4 Å². The number of likely N-dealkylation sites (N-methyl/N-ethyl adjacent to an activating group) is 2. The zero-order valence-electron chi connectivity index (χ0n) is 21.4. The number of hydrogen-bond donors (Lipinski definition) is 2. The molecule has 2 amide bonds. The molecule has 0 spiro atoms. The summed E-state index contributed by atoms with van der Waals surface area (Å²) < 4.78 is 0.856. The fourth-order valence-electron chi connectivity index (χ4n) is 4.35. The summed E-state index contributed by atoms with van der Waals surface area (Å²) in [4.78, 5) is 45.1. The third-order valence-electron chi connectivity index (χ3n) is 6.28. The number of carbonyl (C=O) groups is 3. The predicted octanol–water partition coefficient (Wildman–Crippen LogP) is 4.85. The van der Waals surface area contributed by atoms with E-state index in [0.29, 0.717) is 24.4 Å². The number of hydrogen-bond acceptors (Lipinski definition) is 5. The van der Waals surface area contributed by atoms with E-state index in [-0.39, 0.29) is 18.2 Å². The number of carboxylic acid groups (broad SMARTS) is 1. The Morgan fingerprint density at radius 3 is 2.45 bits per heavy atom. The number of amides is 2. The normalized spacial score (nSPS) is 14.8. The Bertz CT molecular complexity index is 1400. The first-order chi connectivity index (χ1) is 18.1. The number of nitrogens with one attached hydrogen (secondary N) is 1. The number of carbonyl (C=O) groups excluding carboxylic acids is 2. The number of aliphatic imine (C=N–C) groups is 1. The van der Waals surface area contributed by atoms with Crippen LogP contribution in [0.5, 0.6) is 0 Å². The molecule has 0 aromatic heterocycles. The van der Waals surface area contributed by atoms with E-state index in [1.165, 1.54) is 0 Å². The largest absolute Gasteiger partial charge is 0.481 e. The number of carboxylic acids is 1. The van der Waals surface area contributed by atoms with Gasteiger partial charge in [-0.15, -0.1) is 0 Å². The monoisotopic (exact) mass is 576 g/mol. The number of aliphatic carboxylic acids is 1. The SMILES string of the molecule is CN(C)CC(=O)N(C)c1ccc(N=C(c2cccc(CCC(=O)O)c2)C2C(=O)Nc3cc(Br)ccc32)cc1. The molecule has 3 aromatic carbocycles. The standard InChI is InChI=1S/C29H29BrN4O4/c1-33(2)17-25(35)34(3)22-11-9-21(10-12-22)31-28(19-6-4-5-18(15-19)7-14-26(36)37)27-23-13-8-20(30)16-24(23)32-29(27)38/h4-6,8-13,15-16,27H,7,14,17H2,1-3H3,(H,32,38)(H,36,37). The van der Waals surface area contributed by atoms with Gasteiger partial charge in [0, 0.05) is 29.3 Å². The summed E-state index contributed by atoms with van der Waals surface area (Å²) >= 11 is 3.46. The Hall–Kier alpha value is -3.82. The lowest BCUT2D eigenvalue weighted by Crippen LogP contribution is -2.34. The molecule has 0 saturated heterocycles. The highest BCUT2D eigenvalue weighted by atomic mass is 79.9. The first-order valence-corrected chi connectivity index (χ1v) is 12.9. The van der Waals surface area contributed by atoms with Crippen LogP contribution in [0, 0.1) is 0 Å². The Morgan fingerprint density at radius 2 is 1.76 bits per heavy atom. The minimum atomic E-state index is -0.868. The summed E-state index contributed by atoms with van der Waals surface area (Å²) in [6.45, 7) is 0.297. The maximum Gasteiger partial charge on any atom is 0.303 e. The zero-order valence-corrected chi connectivity index (χ0v) is 23.0. The highest BCUT2D eigenvalue weighted by Crippen LogP contribution is 2.38. The summed E-state index contributed by atoms with van der Waals surface area (Å²) in [5.41, 5.74) is 5.06. The molecule has 2 N–H and O–H groups in total. The van der Waals surface area contributed by atoms with Crippen molar-refractivity contribution in [3.05, 3.63) is 87.9 Å². The molecule has 4 rings (SSSR count). The van der Waals surface area contributed by atoms with Crippen LogP contribution >= 0.6 is 15.9 Å². The Morgan fingerprint density at radius 1 is 1.03 bits per heavy atom. The van der Waals surface area contributed by atoms with Crippen LogP contribution in [0.2, 0.25) is 0 Å². The minimum Gasteiger partial charge on any atom is -0.481 e. The molecular formula is C29H29BrN4O4. The predicted molar refractivity (Wildman–Crippen MR) is 153 cm³/mol. The molecule has 0 aliphatic carbocycles. The van der Waals surface area contributed by atoms with E-state index in [2.05, 4.69) is 21.2 Å². The van der Waals surface area contributed by atoms with Crippen LogP contribution < -0.4 is 10.2 Å². The Balaban J connectivity index is 1.74. The average Bonchev–Trinajstić information content (AvgIpc) is 3.20. The number of nitrogens with zero attached hydrogens (tertiary/aromatic N) is 3. The first-order valence-electron chi connectivity index (χ1n) is 12.1. The fourth-order valence-corrected chi connectivity index (χ4v) is 4.71. The second-order valence-corrected chi connectivity index (χ2v) is 10.4. The van der Waals surface area contributed by atoms with Crippen LogP contribution in [0.3, 0.4) is 0 Å². The molecule has 1 heterocycles. The Kier molecular flexibility index (Phi) is 8.38. The molecule has 9 heteroatoms. The number of halogens is 1. The van der Waals surface area contributed by atoms with Gasteiger partial charge in [0.2, 0.25) is 11.8 Å². The number of fused-ring (bicyclic) bond motifs is 1. The van der Waals surface area contributed by atoms with Crippen LogP contribution in [0.25, 0.3) is 0 Å². The van der Waals surface area contributed by atoms with Crippen LogP contribution in [0.15, 0.2) is 76.2 Å². The van der Waals surface area contributed by atoms with Crippen LogP contribution in [-0.2, 0) is 20.8 Å². The third kappa shape index (κ3) is 6.35. The van der Waals surface area contributed by atoms with Gasteiger partial charge < -0.3 is 20.2 Å². The average molecular weight is 577 g/mol. The molecule has 0 saturated carbocycles. The molecule has 0 radical (unpaired) electrons. The lowest BCUT2D eigenvalue weighted by atomic mass is 9.89. The number of aryl methyl sites for hydroxylation is 1. The van der Waals surface area contributed by atoms with Crippen molar-refractivity contribution in [1.82, 2.24) is 4.90 Å². The number of benzene rings is 3. The maximum absolute atomic E-state index is 13.2. The fraction of sp³-hybridized carbons (Fsp3) is 0.241. The second kappa shape index (κ2) is 11.7. The van der Waals surface area contributed by atoms with Crippen molar-refractivity contribution in [3.8, 4) is 0 Å². The van der Waals surface area contributed by atoms with Crippen LogP contribution in [0.1, 0.15) is 29.0 Å². The van der Waals surface area contributed by atoms with Crippen molar-refractivity contribution in [1.29, 1.82) is 0 Å². The molecular weight excluding hydrogens is 548 g/mol. The van der Waals surface area contributed by atoms with Gasteiger partial charge in [0.1, 0.15) is 5.92 Å². The van der Waals surface area contributed by atoms with Gasteiger partial charge in [0.15, 0.2) is 0 Å². The van der Waals surface area contributed by atoms with Gasteiger partial charge >= 0.3 is 5.97 Å². The maximum atomic E-state index is 13.2. The van der Waals surface area contributed by atoms with E-state index in [4.69, 9.17) is 10.1 Å². The molecule has 196 valence electrons. The zero-order chi connectivity index (χ0) is 27.4. The molecule has 0 fully saturated rings. The molecule has 38 heavy (non-hydrogen) atoms. The van der Waals surface area contributed by atoms with E-state index >= 15 is 0 Å². The van der Waals surface area contributed by atoms with Gasteiger partial charge in [-0.05, 0) is 79.7 Å². The summed E-state index contributed by atoms with van der Waals surface area (Å²) in [5, 5.41) is 12.1. The van der Waals surface area contributed by atoms with Crippen molar-refractivity contribution in [2.75, 3.05) is 37.9 Å². The molecule has 8 nitrogen and oxygen atoms in total. The van der Waals surface area contributed by atoms with Gasteiger partial charge in [-0.2, -0.15) is 0 Å². The van der Waals surface area contributed by atoms with Gasteiger partial charge in [-0.25, -0.2) is 0 Å². The van der Waals surface area contributed by atoms with Crippen LogP contribution in [0.4, 0.5) is 17.1 Å². The van der Waals surface area contributed by atoms with E-state index in [0.717, 1.165) is 32.5 Å². The lowest BCUT2D eigenvalue weighted by molar-refractivity contribution is -0.137. The smallest absolute Gasteiger partial charge is 0.303 e. The first kappa shape index (κ1) is 27.2. The topological polar surface area (TPSA) is 102 Å². The Labute approximate surface area is 230 Å². The van der Waals surface area contributed by atoms with E-state index in [9.17, 15) is 14.4 Å². The summed E-state index contributed by atoms with van der Waals surface area (Å²) in [6, 6.07) is 20.5. The van der Waals surface area contributed by atoms with Crippen LogP contribution in [-0.4, -0.2) is 61.2 Å². The molecule has 0 bridgehead atoms. The van der Waals surface area contributed by atoms with E-state index in [1.54, 1.807) is 11.9 Å². The summed E-state index contributed by atoms with van der Waals surface area (Å²) in [7, 11) is 5.42. The van der Waals surface area contributed by atoms with Crippen molar-refractivity contribution >= 4 is 56.5 Å². The highest BCUT2D eigenvalue weighted by molar-refractivity contribution is 9.10. The second-order valence-electron chi connectivity index (χ2n) is 9.45. The molecule has 3 aromatic rings. The van der Waals surface area contributed by atoms with Crippen molar-refractivity contribution in [3.63, 3.8) is 0 Å². The van der Waals surface area contributed by atoms with Gasteiger partial charge in [-0.1, -0.05) is 40.2 Å². The van der Waals surface area contributed by atoms with Crippen molar-refractivity contribution in [2.24, 2.45) is 4.99 Å². The van der Waals surface area contributed by atoms with E-state index in [1.807, 2.05) is 85.7 Å². The van der Waals surface area contributed by atoms with Gasteiger partial charge in [0.25, 0.3) is 0 Å². The quantitative estimate of drug-likeness (QED) is 0.354. The molecule has 1 aliphatic rings. The third-order valence-corrected chi connectivity index (χ3v) is 6.78. The van der Waals surface area contributed by atoms with Gasteiger partial charge in [0.05, 0.1) is 17.9 Å². The molecule has 1 aliphatic heterocycles. The van der Waals surface area contributed by atoms with Crippen molar-refractivity contribution < 1.29 is 19.5 Å². The minimum absolute atomic E-state index is 0.0121. The highest BCUT2D eigenvalue weighted by Gasteiger charge is 2.35. The summed E-state index contributed by atoms with van der Waals surface area (Å²) in [6.07, 6.45) is 0.386. The summed E-state index contributed by atoms with van der Waals surface area (Å²) in [5.74, 6) is -1.72. The number of rotatable bonds is 9.